The predicted molar refractivity (Wildman–Crippen MR) is 54.7 cm³/mol. The molecule has 0 heterocycles. The Morgan fingerprint density at radius 1 is 1.14 bits per heavy atom. The fourth-order valence-corrected chi connectivity index (χ4v) is 2.16. The molecule has 1 aliphatic rings. The van der Waals surface area contributed by atoms with Crippen LogP contribution >= 0.6 is 0 Å². The monoisotopic (exact) mass is 190 g/mol. The van der Waals surface area contributed by atoms with Crippen molar-refractivity contribution < 1.29 is 9.90 Å². The summed E-state index contributed by atoms with van der Waals surface area (Å²) in [5.41, 5.74) is 2.81. The quantitative estimate of drug-likeness (QED) is 0.691. The number of hydrogen-bond donors (Lipinski definition) is 1. The summed E-state index contributed by atoms with van der Waals surface area (Å²) >= 11 is 0. The molecule has 1 N–H and O–H groups in total. The van der Waals surface area contributed by atoms with E-state index in [1.807, 2.05) is 6.07 Å². The summed E-state index contributed by atoms with van der Waals surface area (Å²) in [5.74, 6) is -0.788. The minimum Gasteiger partial charge on any atom is -0.478 e. The van der Waals surface area contributed by atoms with Crippen LogP contribution < -0.4 is 0 Å². The number of carboxylic acids is 1. The molecule has 0 aliphatic heterocycles. The second kappa shape index (κ2) is 3.82. The zero-order valence-corrected chi connectivity index (χ0v) is 8.12. The molecule has 0 aromatic heterocycles. The molecule has 1 aromatic carbocycles. The number of rotatable bonds is 1. The Hall–Kier alpha value is -1.31. The maximum atomic E-state index is 11.0. The Morgan fingerprint density at radius 2 is 1.93 bits per heavy atom. The third kappa shape index (κ3) is 1.65. The molecule has 1 aliphatic carbocycles. The van der Waals surface area contributed by atoms with E-state index in [2.05, 4.69) is 6.07 Å². The van der Waals surface area contributed by atoms with Gasteiger partial charge < -0.3 is 5.11 Å². The average molecular weight is 190 g/mol. The number of aromatic carboxylic acids is 1. The first-order valence-corrected chi connectivity index (χ1v) is 5.13. The Morgan fingerprint density at radius 3 is 2.71 bits per heavy atom. The number of hydrogen-bond acceptors (Lipinski definition) is 1. The van der Waals surface area contributed by atoms with Gasteiger partial charge in [0.1, 0.15) is 0 Å². The lowest BCUT2D eigenvalue weighted by Crippen LogP contribution is -2.04. The van der Waals surface area contributed by atoms with Crippen LogP contribution in [-0.2, 0) is 12.8 Å². The smallest absolute Gasteiger partial charge is 0.335 e. The predicted octanol–water partition coefficient (Wildman–Crippen LogP) is 2.65. The van der Waals surface area contributed by atoms with Gasteiger partial charge >= 0.3 is 5.97 Å². The van der Waals surface area contributed by atoms with E-state index in [0.717, 1.165) is 24.8 Å². The SMILES string of the molecule is O=C(O)c1cccc2c1CCCCC2. The van der Waals surface area contributed by atoms with Crippen LogP contribution in [0, 0.1) is 0 Å². The van der Waals surface area contributed by atoms with Crippen LogP contribution in [0.3, 0.4) is 0 Å². The molecule has 14 heavy (non-hydrogen) atoms. The highest BCUT2D eigenvalue weighted by atomic mass is 16.4. The zero-order valence-electron chi connectivity index (χ0n) is 8.12. The van der Waals surface area contributed by atoms with Crippen LogP contribution in [0.2, 0.25) is 0 Å². The summed E-state index contributed by atoms with van der Waals surface area (Å²) in [6, 6.07) is 5.63. The molecule has 74 valence electrons. The van der Waals surface area contributed by atoms with Gasteiger partial charge in [-0.2, -0.15) is 0 Å². The van der Waals surface area contributed by atoms with Gasteiger partial charge in [0.15, 0.2) is 0 Å². The van der Waals surface area contributed by atoms with E-state index >= 15 is 0 Å². The third-order valence-corrected chi connectivity index (χ3v) is 2.88. The first kappa shape index (κ1) is 9.25. The number of fused-ring (bicyclic) bond motifs is 1. The summed E-state index contributed by atoms with van der Waals surface area (Å²) in [4.78, 5) is 11.0. The van der Waals surface area contributed by atoms with Gasteiger partial charge in [-0.3, -0.25) is 0 Å². The van der Waals surface area contributed by atoms with Gasteiger partial charge in [-0.1, -0.05) is 18.6 Å². The van der Waals surface area contributed by atoms with Gasteiger partial charge in [0, 0.05) is 0 Å². The molecule has 2 rings (SSSR count). The topological polar surface area (TPSA) is 37.3 Å². The van der Waals surface area contributed by atoms with Crippen molar-refractivity contribution in [1.82, 2.24) is 0 Å². The van der Waals surface area contributed by atoms with E-state index in [1.54, 1.807) is 6.07 Å². The van der Waals surface area contributed by atoms with Crippen LogP contribution in [0.1, 0.15) is 40.7 Å². The minimum absolute atomic E-state index is 0.504. The molecular weight excluding hydrogens is 176 g/mol. The summed E-state index contributed by atoms with van der Waals surface area (Å²) in [7, 11) is 0. The average Bonchev–Trinajstić information content (AvgIpc) is 2.41. The van der Waals surface area contributed by atoms with Crippen molar-refractivity contribution in [2.75, 3.05) is 0 Å². The largest absolute Gasteiger partial charge is 0.478 e. The van der Waals surface area contributed by atoms with Gasteiger partial charge in [-0.15, -0.1) is 0 Å². The number of carbonyl (C=O) groups is 1. The molecule has 0 radical (unpaired) electrons. The lowest BCUT2D eigenvalue weighted by molar-refractivity contribution is 0.0695. The Kier molecular flexibility index (Phi) is 2.53. The van der Waals surface area contributed by atoms with Crippen molar-refractivity contribution in [3.05, 3.63) is 34.9 Å². The van der Waals surface area contributed by atoms with Crippen LogP contribution in [0.5, 0.6) is 0 Å². The first-order valence-electron chi connectivity index (χ1n) is 5.13. The van der Waals surface area contributed by atoms with Gasteiger partial charge in [0.2, 0.25) is 0 Å². The summed E-state index contributed by atoms with van der Waals surface area (Å²) in [5, 5.41) is 9.03. The summed E-state index contributed by atoms with van der Waals surface area (Å²) in [6.45, 7) is 0. The first-order chi connectivity index (χ1) is 6.79. The van der Waals surface area contributed by atoms with E-state index in [9.17, 15) is 4.79 Å². The summed E-state index contributed by atoms with van der Waals surface area (Å²) in [6.07, 6.45) is 5.50. The fourth-order valence-electron chi connectivity index (χ4n) is 2.16. The van der Waals surface area contributed by atoms with E-state index in [1.165, 1.54) is 18.4 Å². The molecule has 0 atom stereocenters. The maximum Gasteiger partial charge on any atom is 0.335 e. The van der Waals surface area contributed by atoms with Crippen molar-refractivity contribution in [2.45, 2.75) is 32.1 Å². The molecule has 0 saturated carbocycles. The molecule has 1 aromatic rings. The van der Waals surface area contributed by atoms with Gasteiger partial charge in [0.05, 0.1) is 5.56 Å². The molecule has 0 fully saturated rings. The lowest BCUT2D eigenvalue weighted by atomic mass is 9.97. The lowest BCUT2D eigenvalue weighted by Gasteiger charge is -2.08. The second-order valence-corrected chi connectivity index (χ2v) is 3.81. The molecule has 2 heteroatoms. The van der Waals surface area contributed by atoms with Crippen molar-refractivity contribution in [2.24, 2.45) is 0 Å². The van der Waals surface area contributed by atoms with Crippen molar-refractivity contribution in [3.63, 3.8) is 0 Å². The number of benzene rings is 1. The molecule has 2 nitrogen and oxygen atoms in total. The van der Waals surface area contributed by atoms with Gasteiger partial charge in [0.25, 0.3) is 0 Å². The standard InChI is InChI=1S/C12H14O2/c13-12(14)11-8-4-6-9-5-2-1-3-7-10(9)11/h4,6,8H,1-3,5,7H2,(H,13,14). The maximum absolute atomic E-state index is 11.0. The van der Waals surface area contributed by atoms with Crippen LogP contribution in [0.4, 0.5) is 0 Å². The normalized spacial score (nSPS) is 15.7. The van der Waals surface area contributed by atoms with Crippen molar-refractivity contribution in [3.8, 4) is 0 Å². The molecule has 0 spiro atoms. The van der Waals surface area contributed by atoms with Crippen molar-refractivity contribution in [1.29, 1.82) is 0 Å². The zero-order chi connectivity index (χ0) is 9.97. The van der Waals surface area contributed by atoms with Crippen LogP contribution in [-0.4, -0.2) is 11.1 Å². The highest BCUT2D eigenvalue weighted by molar-refractivity contribution is 5.89. The molecule has 0 bridgehead atoms. The fraction of sp³-hybridized carbons (Fsp3) is 0.417. The minimum atomic E-state index is -0.788. The third-order valence-electron chi connectivity index (χ3n) is 2.88. The Balaban J connectivity index is 2.47. The van der Waals surface area contributed by atoms with Crippen LogP contribution in [0.25, 0.3) is 0 Å². The van der Waals surface area contributed by atoms with E-state index in [-0.39, 0.29) is 0 Å². The van der Waals surface area contributed by atoms with Crippen molar-refractivity contribution >= 4 is 5.97 Å². The van der Waals surface area contributed by atoms with E-state index in [0.29, 0.717) is 5.56 Å². The second-order valence-electron chi connectivity index (χ2n) is 3.81. The Labute approximate surface area is 83.6 Å². The van der Waals surface area contributed by atoms with Gasteiger partial charge in [-0.05, 0) is 42.9 Å². The number of carboxylic acid groups (broad SMARTS) is 1. The number of aryl methyl sites for hydroxylation is 1. The highest BCUT2D eigenvalue weighted by Crippen LogP contribution is 2.23. The molecule has 0 amide bonds. The van der Waals surface area contributed by atoms with Gasteiger partial charge in [-0.25, -0.2) is 4.79 Å². The molecular formula is C12H14O2. The highest BCUT2D eigenvalue weighted by Gasteiger charge is 2.15. The van der Waals surface area contributed by atoms with E-state index in [4.69, 9.17) is 5.11 Å². The van der Waals surface area contributed by atoms with Crippen LogP contribution in [0.15, 0.2) is 18.2 Å². The molecule has 0 saturated heterocycles. The van der Waals surface area contributed by atoms with E-state index < -0.39 is 5.97 Å². The Bertz CT molecular complexity index is 355. The summed E-state index contributed by atoms with van der Waals surface area (Å²) < 4.78 is 0. The molecule has 0 unspecified atom stereocenters.